The van der Waals surface area contributed by atoms with E-state index in [-0.39, 0.29) is 0 Å². The highest BCUT2D eigenvalue weighted by molar-refractivity contribution is 7.13. The second-order valence-electron chi connectivity index (χ2n) is 6.72. The highest BCUT2D eigenvalue weighted by atomic mass is 32.1. The van der Waals surface area contributed by atoms with Gasteiger partial charge in [0.2, 0.25) is 0 Å². The lowest BCUT2D eigenvalue weighted by Crippen LogP contribution is -2.31. The first-order valence-corrected chi connectivity index (χ1v) is 9.30. The van der Waals surface area contributed by atoms with Gasteiger partial charge in [-0.1, -0.05) is 24.3 Å². The third kappa shape index (κ3) is 2.56. The Bertz CT molecular complexity index is 1030. The number of hydrogen-bond acceptors (Lipinski definition) is 4. The van der Waals surface area contributed by atoms with Gasteiger partial charge in [-0.25, -0.2) is 4.98 Å². The van der Waals surface area contributed by atoms with Crippen LogP contribution in [-0.4, -0.2) is 33.7 Å². The molecule has 5 heteroatoms. The highest BCUT2D eigenvalue weighted by Gasteiger charge is 2.25. The number of H-pyrrole nitrogens is 1. The van der Waals surface area contributed by atoms with Crippen LogP contribution in [0, 0.1) is 0 Å². The molecule has 4 aromatic rings. The minimum absolute atomic E-state index is 0.381. The first-order valence-electron chi connectivity index (χ1n) is 8.42. The quantitative estimate of drug-likeness (QED) is 0.590. The smallest absolute Gasteiger partial charge is 0.123 e. The molecule has 124 valence electrons. The summed E-state index contributed by atoms with van der Waals surface area (Å²) >= 11 is 1.69. The Kier molecular flexibility index (Phi) is 3.43. The Morgan fingerprint density at radius 3 is 3.04 bits per heavy atom. The summed E-state index contributed by atoms with van der Waals surface area (Å²) in [6, 6.07) is 13.5. The fourth-order valence-corrected chi connectivity index (χ4v) is 4.44. The number of nitrogens with zero attached hydrogens (tertiary/aromatic N) is 3. The molecular formula is C20H18N4S. The van der Waals surface area contributed by atoms with Gasteiger partial charge < -0.3 is 4.90 Å². The first kappa shape index (κ1) is 14.8. The molecule has 0 spiro atoms. The van der Waals surface area contributed by atoms with E-state index in [0.29, 0.717) is 5.92 Å². The number of hydrogen-bond donors (Lipinski definition) is 1. The molecule has 1 atom stereocenters. The Morgan fingerprint density at radius 1 is 1.20 bits per heavy atom. The summed E-state index contributed by atoms with van der Waals surface area (Å²) in [5, 5.41) is 11.5. The average Bonchev–Trinajstić information content (AvgIpc) is 3.31. The Labute approximate surface area is 150 Å². The van der Waals surface area contributed by atoms with Gasteiger partial charge in [0.1, 0.15) is 5.01 Å². The molecule has 2 aromatic carbocycles. The molecule has 2 aromatic heterocycles. The fourth-order valence-electron chi connectivity index (χ4n) is 3.80. The third-order valence-corrected chi connectivity index (χ3v) is 5.82. The van der Waals surface area contributed by atoms with Crippen LogP contribution in [0.25, 0.3) is 21.5 Å². The van der Waals surface area contributed by atoms with Crippen molar-refractivity contribution in [3.8, 4) is 10.6 Å². The molecule has 1 unspecified atom stereocenters. The first-order chi connectivity index (χ1) is 12.3. The van der Waals surface area contributed by atoms with E-state index < -0.39 is 0 Å². The molecule has 0 amide bonds. The second kappa shape index (κ2) is 5.79. The Morgan fingerprint density at radius 2 is 2.16 bits per heavy atom. The number of nitrogens with one attached hydrogen (secondary N) is 1. The van der Waals surface area contributed by atoms with E-state index in [2.05, 4.69) is 63.5 Å². The molecule has 3 heterocycles. The molecule has 0 aliphatic carbocycles. The van der Waals surface area contributed by atoms with Crippen molar-refractivity contribution < 1.29 is 0 Å². The summed E-state index contributed by atoms with van der Waals surface area (Å²) in [5.41, 5.74) is 6.48. The highest BCUT2D eigenvalue weighted by Crippen LogP contribution is 2.36. The van der Waals surface area contributed by atoms with Gasteiger partial charge in [-0.2, -0.15) is 5.10 Å². The zero-order chi connectivity index (χ0) is 16.8. The molecule has 0 bridgehead atoms. The van der Waals surface area contributed by atoms with Crippen LogP contribution in [0.5, 0.6) is 0 Å². The molecule has 1 aliphatic heterocycles. The molecule has 0 radical (unpaired) electrons. The minimum atomic E-state index is 0.381. The number of rotatable bonds is 2. The number of likely N-dealkylation sites (N-methyl/N-ethyl adjacent to an activating group) is 1. The van der Waals surface area contributed by atoms with Gasteiger partial charge in [-0.05, 0) is 35.9 Å². The number of fused-ring (bicyclic) bond motifs is 2. The maximum absolute atomic E-state index is 4.45. The maximum Gasteiger partial charge on any atom is 0.123 e. The van der Waals surface area contributed by atoms with E-state index in [1.165, 1.54) is 22.3 Å². The van der Waals surface area contributed by atoms with Gasteiger partial charge >= 0.3 is 0 Å². The van der Waals surface area contributed by atoms with Crippen LogP contribution < -0.4 is 0 Å². The number of thiazole rings is 1. The van der Waals surface area contributed by atoms with Gasteiger partial charge in [0.05, 0.1) is 11.7 Å². The van der Waals surface area contributed by atoms with Crippen LogP contribution in [0.15, 0.2) is 54.2 Å². The van der Waals surface area contributed by atoms with Gasteiger partial charge in [-0.15, -0.1) is 11.3 Å². The van der Waals surface area contributed by atoms with E-state index >= 15 is 0 Å². The summed E-state index contributed by atoms with van der Waals surface area (Å²) in [6.45, 7) is 2.01. The molecule has 1 N–H and O–H groups in total. The van der Waals surface area contributed by atoms with Crippen molar-refractivity contribution in [2.24, 2.45) is 0 Å². The minimum Gasteiger partial charge on any atom is -0.301 e. The average molecular weight is 346 g/mol. The predicted molar refractivity (Wildman–Crippen MR) is 102 cm³/mol. The zero-order valence-electron chi connectivity index (χ0n) is 13.9. The fraction of sp³-hybridized carbons (Fsp3) is 0.200. The second-order valence-corrected chi connectivity index (χ2v) is 7.61. The standard InChI is InChI=1S/C20H18N4S/c1-24-11-16-8-14(20-21-6-7-25-20)4-5-17(16)18(12-24)13-2-3-15-10-22-23-19(15)9-13/h2-10,18H,11-12H2,1H3,(H,22,23). The van der Waals surface area contributed by atoms with E-state index in [1.807, 2.05) is 17.8 Å². The van der Waals surface area contributed by atoms with Crippen molar-refractivity contribution in [3.05, 3.63) is 70.9 Å². The van der Waals surface area contributed by atoms with Gasteiger partial charge in [0.25, 0.3) is 0 Å². The lowest BCUT2D eigenvalue weighted by atomic mass is 9.84. The van der Waals surface area contributed by atoms with E-state index in [0.717, 1.165) is 29.0 Å². The molecule has 4 nitrogen and oxygen atoms in total. The van der Waals surface area contributed by atoms with Crippen LogP contribution in [0.2, 0.25) is 0 Å². The van der Waals surface area contributed by atoms with E-state index in [1.54, 1.807) is 11.3 Å². The Hall–Kier alpha value is -2.50. The summed E-state index contributed by atoms with van der Waals surface area (Å²) in [6.07, 6.45) is 3.74. The van der Waals surface area contributed by atoms with Crippen LogP contribution in [0.3, 0.4) is 0 Å². The van der Waals surface area contributed by atoms with Crippen molar-refractivity contribution >= 4 is 22.2 Å². The summed E-state index contributed by atoms with van der Waals surface area (Å²) in [7, 11) is 2.20. The number of benzene rings is 2. The van der Waals surface area contributed by atoms with Crippen molar-refractivity contribution in [2.45, 2.75) is 12.5 Å². The maximum atomic E-state index is 4.45. The summed E-state index contributed by atoms with van der Waals surface area (Å²) in [5.74, 6) is 0.381. The Balaban J connectivity index is 1.60. The molecule has 1 aliphatic rings. The van der Waals surface area contributed by atoms with E-state index in [4.69, 9.17) is 0 Å². The SMILES string of the molecule is CN1Cc2cc(-c3nccs3)ccc2C(c2ccc3cn[nH]c3c2)C1. The summed E-state index contributed by atoms with van der Waals surface area (Å²) in [4.78, 5) is 6.85. The molecule has 0 fully saturated rings. The monoisotopic (exact) mass is 346 g/mol. The van der Waals surface area contributed by atoms with Crippen molar-refractivity contribution in [2.75, 3.05) is 13.6 Å². The predicted octanol–water partition coefficient (Wildman–Crippen LogP) is 4.26. The number of aromatic amines is 1. The number of aromatic nitrogens is 3. The van der Waals surface area contributed by atoms with Gasteiger partial charge in [0, 0.05) is 41.5 Å². The molecule has 5 rings (SSSR count). The van der Waals surface area contributed by atoms with Crippen molar-refractivity contribution in [1.29, 1.82) is 0 Å². The third-order valence-electron chi connectivity index (χ3n) is 5.00. The largest absolute Gasteiger partial charge is 0.301 e. The van der Waals surface area contributed by atoms with Crippen LogP contribution in [0.1, 0.15) is 22.6 Å². The van der Waals surface area contributed by atoms with E-state index in [9.17, 15) is 0 Å². The van der Waals surface area contributed by atoms with Crippen molar-refractivity contribution in [1.82, 2.24) is 20.1 Å². The van der Waals surface area contributed by atoms with Gasteiger partial charge in [-0.3, -0.25) is 5.10 Å². The molecule has 25 heavy (non-hydrogen) atoms. The molecule has 0 saturated carbocycles. The lowest BCUT2D eigenvalue weighted by Gasteiger charge is -2.33. The van der Waals surface area contributed by atoms with Crippen molar-refractivity contribution in [3.63, 3.8) is 0 Å². The topological polar surface area (TPSA) is 44.8 Å². The zero-order valence-corrected chi connectivity index (χ0v) is 14.8. The lowest BCUT2D eigenvalue weighted by molar-refractivity contribution is 0.295. The normalized spacial score (nSPS) is 17.7. The van der Waals surface area contributed by atoms with Crippen LogP contribution in [-0.2, 0) is 6.54 Å². The molecule has 0 saturated heterocycles. The van der Waals surface area contributed by atoms with Crippen LogP contribution >= 0.6 is 11.3 Å². The van der Waals surface area contributed by atoms with Crippen LogP contribution in [0.4, 0.5) is 0 Å². The van der Waals surface area contributed by atoms with Gasteiger partial charge in [0.15, 0.2) is 0 Å². The summed E-state index contributed by atoms with van der Waals surface area (Å²) < 4.78 is 0. The molecular weight excluding hydrogens is 328 g/mol.